The smallest absolute Gasteiger partial charge is 0.228 e. The van der Waals surface area contributed by atoms with Gasteiger partial charge in [-0.1, -0.05) is 42.7 Å². The Kier molecular flexibility index (Phi) is 7.40. The molecule has 2 rings (SSSR count). The van der Waals surface area contributed by atoms with Crippen LogP contribution in [0.5, 0.6) is 0 Å². The van der Waals surface area contributed by atoms with Gasteiger partial charge in [0.05, 0.1) is 6.61 Å². The lowest BCUT2D eigenvalue weighted by Gasteiger charge is -2.22. The zero-order valence-corrected chi connectivity index (χ0v) is 15.6. The van der Waals surface area contributed by atoms with Gasteiger partial charge < -0.3 is 14.2 Å². The zero-order chi connectivity index (χ0) is 18.2. The highest BCUT2D eigenvalue weighted by molar-refractivity contribution is 6.30. The number of nitrogens with zero attached hydrogens (tertiary/aromatic N) is 3. The molecule has 0 saturated carbocycles. The summed E-state index contributed by atoms with van der Waals surface area (Å²) < 4.78 is 10.4. The van der Waals surface area contributed by atoms with Crippen molar-refractivity contribution in [2.24, 2.45) is 5.92 Å². The van der Waals surface area contributed by atoms with E-state index in [1.807, 2.05) is 26.0 Å². The number of methoxy groups -OCH3 is 1. The Hall–Kier alpha value is -1.92. The third kappa shape index (κ3) is 6.14. The molecule has 0 fully saturated rings. The van der Waals surface area contributed by atoms with Gasteiger partial charge in [-0.3, -0.25) is 4.79 Å². The van der Waals surface area contributed by atoms with Crippen molar-refractivity contribution in [3.63, 3.8) is 0 Å². The van der Waals surface area contributed by atoms with Crippen molar-refractivity contribution in [2.45, 2.75) is 26.7 Å². The number of amides is 1. The Morgan fingerprint density at radius 2 is 2.16 bits per heavy atom. The molecule has 0 unspecified atom stereocenters. The van der Waals surface area contributed by atoms with E-state index in [-0.39, 0.29) is 5.91 Å². The minimum absolute atomic E-state index is 0.113. The maximum atomic E-state index is 12.3. The number of hydrogen-bond acceptors (Lipinski definition) is 5. The first kappa shape index (κ1) is 19.4. The summed E-state index contributed by atoms with van der Waals surface area (Å²) in [7, 11) is 1.63. The average molecular weight is 366 g/mol. The summed E-state index contributed by atoms with van der Waals surface area (Å²) in [4.78, 5) is 18.5. The number of carbonyl (C=O) groups excluding carboxylic acids is 1. The molecule has 1 amide bonds. The Bertz CT molecular complexity index is 688. The lowest BCUT2D eigenvalue weighted by Crippen LogP contribution is -2.36. The van der Waals surface area contributed by atoms with Crippen LogP contribution in [-0.2, 0) is 16.0 Å². The fourth-order valence-corrected chi connectivity index (χ4v) is 2.56. The van der Waals surface area contributed by atoms with E-state index in [1.165, 1.54) is 0 Å². The summed E-state index contributed by atoms with van der Waals surface area (Å²) >= 11 is 5.99. The highest BCUT2D eigenvalue weighted by Crippen LogP contribution is 2.20. The van der Waals surface area contributed by atoms with E-state index in [1.54, 1.807) is 24.1 Å². The van der Waals surface area contributed by atoms with Gasteiger partial charge in [0.25, 0.3) is 0 Å². The molecule has 0 N–H and O–H groups in total. The van der Waals surface area contributed by atoms with Gasteiger partial charge in [0.15, 0.2) is 0 Å². The molecule has 0 bridgehead atoms. The standard InChI is InChI=1S/C18H24ClN3O3/c1-13(2)11-17(23)22(9-10-24-3)8-7-16-20-18(21-25-16)14-5-4-6-15(19)12-14/h4-6,12-13H,7-11H2,1-3H3. The summed E-state index contributed by atoms with van der Waals surface area (Å²) in [6.45, 7) is 5.63. The lowest BCUT2D eigenvalue weighted by molar-refractivity contribution is -0.132. The summed E-state index contributed by atoms with van der Waals surface area (Å²) in [6.07, 6.45) is 1.02. The first-order valence-electron chi connectivity index (χ1n) is 8.35. The van der Waals surface area contributed by atoms with Gasteiger partial charge in [-0.05, 0) is 18.1 Å². The van der Waals surface area contributed by atoms with Gasteiger partial charge in [-0.15, -0.1) is 0 Å². The number of carbonyl (C=O) groups is 1. The van der Waals surface area contributed by atoms with E-state index in [0.29, 0.717) is 55.2 Å². The molecule has 136 valence electrons. The topological polar surface area (TPSA) is 68.5 Å². The first-order chi connectivity index (χ1) is 12.0. The minimum Gasteiger partial charge on any atom is -0.383 e. The van der Waals surface area contributed by atoms with E-state index < -0.39 is 0 Å². The van der Waals surface area contributed by atoms with Crippen LogP contribution in [0.4, 0.5) is 0 Å². The SMILES string of the molecule is COCCN(CCc1nc(-c2cccc(Cl)c2)no1)C(=O)CC(C)C. The highest BCUT2D eigenvalue weighted by Gasteiger charge is 2.16. The van der Waals surface area contributed by atoms with Crippen LogP contribution in [0.2, 0.25) is 5.02 Å². The quantitative estimate of drug-likeness (QED) is 0.680. The molecule has 7 heteroatoms. The van der Waals surface area contributed by atoms with Gasteiger partial charge in [0, 0.05) is 43.6 Å². The van der Waals surface area contributed by atoms with Crippen LogP contribution in [-0.4, -0.2) is 47.8 Å². The Morgan fingerprint density at radius 3 is 2.84 bits per heavy atom. The summed E-state index contributed by atoms with van der Waals surface area (Å²) in [5.74, 6) is 1.42. The van der Waals surface area contributed by atoms with E-state index in [9.17, 15) is 4.79 Å². The molecule has 0 aliphatic rings. The zero-order valence-electron chi connectivity index (χ0n) is 14.9. The van der Waals surface area contributed by atoms with E-state index in [2.05, 4.69) is 10.1 Å². The molecule has 1 heterocycles. The fourth-order valence-electron chi connectivity index (χ4n) is 2.37. The molecule has 1 aromatic carbocycles. The van der Waals surface area contributed by atoms with Gasteiger partial charge in [-0.25, -0.2) is 0 Å². The fraction of sp³-hybridized carbons (Fsp3) is 0.500. The molecule has 1 aromatic heterocycles. The predicted octanol–water partition coefficient (Wildman–Crippen LogP) is 3.45. The van der Waals surface area contributed by atoms with Crippen LogP contribution in [0.15, 0.2) is 28.8 Å². The molecule has 0 aliphatic heterocycles. The molecule has 0 saturated heterocycles. The largest absolute Gasteiger partial charge is 0.383 e. The van der Waals surface area contributed by atoms with Crippen LogP contribution in [0.25, 0.3) is 11.4 Å². The van der Waals surface area contributed by atoms with Gasteiger partial charge in [0.1, 0.15) is 0 Å². The van der Waals surface area contributed by atoms with Crippen LogP contribution in [0.1, 0.15) is 26.2 Å². The second kappa shape index (κ2) is 9.53. The Balaban J connectivity index is 1.99. The Morgan fingerprint density at radius 1 is 1.36 bits per heavy atom. The Labute approximate surface area is 153 Å². The van der Waals surface area contributed by atoms with E-state index >= 15 is 0 Å². The number of rotatable bonds is 9. The van der Waals surface area contributed by atoms with Crippen LogP contribution in [0, 0.1) is 5.92 Å². The normalized spacial score (nSPS) is 11.1. The van der Waals surface area contributed by atoms with Gasteiger partial charge in [-0.2, -0.15) is 4.98 Å². The second-order valence-corrected chi connectivity index (χ2v) is 6.68. The number of ether oxygens (including phenoxy) is 1. The number of hydrogen-bond donors (Lipinski definition) is 0. The molecule has 2 aromatic rings. The van der Waals surface area contributed by atoms with Crippen molar-refractivity contribution in [2.75, 3.05) is 26.8 Å². The number of benzene rings is 1. The van der Waals surface area contributed by atoms with Crippen LogP contribution < -0.4 is 0 Å². The number of halogens is 1. The maximum Gasteiger partial charge on any atom is 0.228 e. The van der Waals surface area contributed by atoms with E-state index in [0.717, 1.165) is 5.56 Å². The van der Waals surface area contributed by atoms with Crippen molar-refractivity contribution in [3.05, 3.63) is 35.2 Å². The summed E-state index contributed by atoms with van der Waals surface area (Å²) in [5.41, 5.74) is 0.801. The number of aromatic nitrogens is 2. The summed E-state index contributed by atoms with van der Waals surface area (Å²) in [6, 6.07) is 7.29. The maximum absolute atomic E-state index is 12.3. The molecule has 25 heavy (non-hydrogen) atoms. The van der Waals surface area contributed by atoms with Gasteiger partial charge >= 0.3 is 0 Å². The molecule has 0 aliphatic carbocycles. The molecular formula is C18H24ClN3O3. The molecule has 0 spiro atoms. The minimum atomic E-state index is 0.113. The van der Waals surface area contributed by atoms with Crippen LogP contribution >= 0.6 is 11.6 Å². The van der Waals surface area contributed by atoms with Crippen molar-refractivity contribution < 1.29 is 14.1 Å². The van der Waals surface area contributed by atoms with Crippen molar-refractivity contribution in [3.8, 4) is 11.4 Å². The monoisotopic (exact) mass is 365 g/mol. The molecule has 0 atom stereocenters. The van der Waals surface area contributed by atoms with Gasteiger partial charge in [0.2, 0.25) is 17.6 Å². The summed E-state index contributed by atoms with van der Waals surface area (Å²) in [5, 5.41) is 4.61. The first-order valence-corrected chi connectivity index (χ1v) is 8.72. The van der Waals surface area contributed by atoms with Crippen molar-refractivity contribution in [1.82, 2.24) is 15.0 Å². The molecule has 6 nitrogen and oxygen atoms in total. The third-order valence-corrected chi connectivity index (χ3v) is 3.88. The highest BCUT2D eigenvalue weighted by atomic mass is 35.5. The average Bonchev–Trinajstić information content (AvgIpc) is 3.03. The lowest BCUT2D eigenvalue weighted by atomic mass is 10.1. The molecule has 0 radical (unpaired) electrons. The second-order valence-electron chi connectivity index (χ2n) is 6.24. The van der Waals surface area contributed by atoms with Crippen molar-refractivity contribution in [1.29, 1.82) is 0 Å². The predicted molar refractivity (Wildman–Crippen MR) is 96.4 cm³/mol. The van der Waals surface area contributed by atoms with Crippen molar-refractivity contribution >= 4 is 17.5 Å². The third-order valence-electron chi connectivity index (χ3n) is 3.65. The molecular weight excluding hydrogens is 342 g/mol. The van der Waals surface area contributed by atoms with Crippen LogP contribution in [0.3, 0.4) is 0 Å². The van der Waals surface area contributed by atoms with E-state index in [4.69, 9.17) is 20.9 Å².